The van der Waals surface area contributed by atoms with Gasteiger partial charge in [0.25, 0.3) is 5.91 Å². The molecule has 0 aliphatic carbocycles. The van der Waals surface area contributed by atoms with Crippen molar-refractivity contribution in [3.05, 3.63) is 89.0 Å². The zero-order valence-corrected chi connectivity index (χ0v) is 18.2. The van der Waals surface area contributed by atoms with Gasteiger partial charge in [0, 0.05) is 16.1 Å². The van der Waals surface area contributed by atoms with Crippen molar-refractivity contribution in [1.29, 1.82) is 0 Å². The molecule has 9 heteroatoms. The summed E-state index contributed by atoms with van der Waals surface area (Å²) in [5.74, 6) is -2.51. The third-order valence-electron chi connectivity index (χ3n) is 4.64. The summed E-state index contributed by atoms with van der Waals surface area (Å²) >= 11 is 1.34. The van der Waals surface area contributed by atoms with Crippen molar-refractivity contribution in [3.63, 3.8) is 0 Å². The Balaban J connectivity index is 1.63. The van der Waals surface area contributed by atoms with Crippen LogP contribution in [0, 0.1) is 0 Å². The molecule has 3 aromatic carbocycles. The van der Waals surface area contributed by atoms with Crippen LogP contribution in [-0.4, -0.2) is 46.7 Å². The molecule has 0 atom stereocenters. The van der Waals surface area contributed by atoms with Crippen LogP contribution < -0.4 is 10.1 Å². The average molecular weight is 465 g/mol. The molecule has 3 rings (SSSR count). The highest BCUT2D eigenvalue weighted by atomic mass is 32.2. The van der Waals surface area contributed by atoms with Gasteiger partial charge in [-0.1, -0.05) is 0 Å². The van der Waals surface area contributed by atoms with Crippen molar-refractivity contribution >= 4 is 41.1 Å². The number of thioether (sulfide) groups is 1. The van der Waals surface area contributed by atoms with E-state index in [1.54, 1.807) is 55.6 Å². The smallest absolute Gasteiger partial charge is 0.336 e. The molecule has 1 amide bonds. The lowest BCUT2D eigenvalue weighted by Crippen LogP contribution is -2.17. The lowest BCUT2D eigenvalue weighted by molar-refractivity contribution is 0.0692. The molecule has 0 bridgehead atoms. The number of Topliss-reactive ketones (excluding diaryl/α,β-unsaturated/α-hetero) is 1. The molecule has 33 heavy (non-hydrogen) atoms. The largest absolute Gasteiger partial charge is 0.497 e. The summed E-state index contributed by atoms with van der Waals surface area (Å²) in [6.45, 7) is 0. The number of aromatic carboxylic acids is 2. The van der Waals surface area contributed by atoms with Gasteiger partial charge in [0.05, 0.1) is 29.6 Å². The molecule has 0 aliphatic heterocycles. The highest BCUT2D eigenvalue weighted by Gasteiger charge is 2.19. The Morgan fingerprint density at radius 3 is 2.03 bits per heavy atom. The number of anilines is 1. The van der Waals surface area contributed by atoms with Crippen molar-refractivity contribution < 1.29 is 34.1 Å². The van der Waals surface area contributed by atoms with Gasteiger partial charge in [-0.25, -0.2) is 9.59 Å². The number of carboxylic acid groups (broad SMARTS) is 2. The number of ketones is 1. The molecule has 0 saturated heterocycles. The SMILES string of the molecule is COc1ccc(C(=O)CSc2ccc(NC(=O)c3ccc(C(=O)O)cc3C(=O)O)cc2)cc1. The van der Waals surface area contributed by atoms with Crippen molar-refractivity contribution in [2.45, 2.75) is 4.90 Å². The summed E-state index contributed by atoms with van der Waals surface area (Å²) in [7, 11) is 1.55. The van der Waals surface area contributed by atoms with Crippen LogP contribution >= 0.6 is 11.8 Å². The Hall–Kier alpha value is -4.11. The first kappa shape index (κ1) is 23.6. The van der Waals surface area contributed by atoms with Crippen LogP contribution in [0.5, 0.6) is 5.75 Å². The second-order valence-electron chi connectivity index (χ2n) is 6.79. The van der Waals surface area contributed by atoms with Gasteiger partial charge < -0.3 is 20.3 Å². The molecule has 0 radical (unpaired) electrons. The number of methoxy groups -OCH3 is 1. The van der Waals surface area contributed by atoms with Crippen LogP contribution in [0.1, 0.15) is 41.4 Å². The Bertz CT molecular complexity index is 1200. The molecular formula is C24H19NO7S. The number of carbonyl (C=O) groups excluding carboxylic acids is 2. The van der Waals surface area contributed by atoms with Gasteiger partial charge in [-0.2, -0.15) is 0 Å². The maximum Gasteiger partial charge on any atom is 0.336 e. The number of ether oxygens (including phenoxy) is 1. The van der Waals surface area contributed by atoms with Gasteiger partial charge in [0.1, 0.15) is 5.75 Å². The number of carbonyl (C=O) groups is 4. The third kappa shape index (κ3) is 5.98. The van der Waals surface area contributed by atoms with Gasteiger partial charge >= 0.3 is 11.9 Å². The molecule has 0 fully saturated rings. The monoisotopic (exact) mass is 465 g/mol. The number of benzene rings is 3. The first-order valence-electron chi connectivity index (χ1n) is 9.60. The van der Waals surface area contributed by atoms with Gasteiger partial charge in [0.15, 0.2) is 5.78 Å². The summed E-state index contributed by atoms with van der Waals surface area (Å²) in [5.41, 5.74) is 0.210. The van der Waals surface area contributed by atoms with E-state index in [1.165, 1.54) is 17.8 Å². The van der Waals surface area contributed by atoms with Gasteiger partial charge in [-0.05, 0) is 66.7 Å². The molecule has 0 heterocycles. The quantitative estimate of drug-likeness (QED) is 0.315. The van der Waals surface area contributed by atoms with E-state index in [0.29, 0.717) is 17.0 Å². The maximum atomic E-state index is 12.5. The molecule has 0 saturated carbocycles. The maximum absolute atomic E-state index is 12.5. The van der Waals surface area contributed by atoms with Crippen LogP contribution in [-0.2, 0) is 0 Å². The fourth-order valence-corrected chi connectivity index (χ4v) is 3.69. The highest BCUT2D eigenvalue weighted by Crippen LogP contribution is 2.23. The summed E-state index contributed by atoms with van der Waals surface area (Å²) in [4.78, 5) is 48.2. The average Bonchev–Trinajstić information content (AvgIpc) is 2.82. The first-order chi connectivity index (χ1) is 15.8. The minimum absolute atomic E-state index is 0.0361. The Morgan fingerprint density at radius 1 is 0.818 bits per heavy atom. The van der Waals surface area contributed by atoms with Gasteiger partial charge in [-0.15, -0.1) is 11.8 Å². The van der Waals surface area contributed by atoms with Crippen LogP contribution in [0.3, 0.4) is 0 Å². The number of hydrogen-bond acceptors (Lipinski definition) is 6. The van der Waals surface area contributed by atoms with E-state index < -0.39 is 23.4 Å². The Kier molecular flexibility index (Phi) is 7.47. The third-order valence-corrected chi connectivity index (χ3v) is 5.65. The van der Waals surface area contributed by atoms with Crippen LogP contribution in [0.2, 0.25) is 0 Å². The van der Waals surface area contributed by atoms with Crippen molar-refractivity contribution in [1.82, 2.24) is 0 Å². The number of hydrogen-bond donors (Lipinski definition) is 3. The van der Waals surface area contributed by atoms with Gasteiger partial charge in [0.2, 0.25) is 0 Å². The fourth-order valence-electron chi connectivity index (χ4n) is 2.89. The Labute approximate surface area is 193 Å². The minimum atomic E-state index is -1.41. The molecule has 0 aromatic heterocycles. The predicted octanol–water partition coefficient (Wildman–Crippen LogP) is 4.32. The predicted molar refractivity (Wildman–Crippen MR) is 123 cm³/mol. The zero-order chi connectivity index (χ0) is 24.0. The molecule has 3 N–H and O–H groups in total. The van der Waals surface area contributed by atoms with E-state index in [1.807, 2.05) is 0 Å². The second kappa shape index (κ2) is 10.5. The standard InChI is InChI=1S/C24H19NO7S/c1-32-17-7-2-14(3-8-17)21(26)13-33-18-9-5-16(6-10-18)25-22(27)19-11-4-15(23(28)29)12-20(19)24(30)31/h2-12H,13H2,1H3,(H,25,27)(H,28,29)(H,30,31). The fraction of sp³-hybridized carbons (Fsp3) is 0.0833. The molecule has 0 aliphatic rings. The van der Waals surface area contributed by atoms with Crippen molar-refractivity contribution in [2.24, 2.45) is 0 Å². The van der Waals surface area contributed by atoms with E-state index in [9.17, 15) is 24.3 Å². The summed E-state index contributed by atoms with van der Waals surface area (Å²) in [5, 5.41) is 20.9. The summed E-state index contributed by atoms with van der Waals surface area (Å²) in [6.07, 6.45) is 0. The molecule has 0 spiro atoms. The lowest BCUT2D eigenvalue weighted by atomic mass is 10.0. The second-order valence-corrected chi connectivity index (χ2v) is 7.84. The lowest BCUT2D eigenvalue weighted by Gasteiger charge is -2.09. The molecule has 0 unspecified atom stereocenters. The summed E-state index contributed by atoms with van der Waals surface area (Å²) < 4.78 is 5.08. The van der Waals surface area contributed by atoms with Crippen LogP contribution in [0.4, 0.5) is 5.69 Å². The van der Waals surface area contributed by atoms with E-state index >= 15 is 0 Å². The van der Waals surface area contributed by atoms with Gasteiger partial charge in [-0.3, -0.25) is 9.59 Å². The molecular weight excluding hydrogens is 446 g/mol. The number of rotatable bonds is 9. The van der Waals surface area contributed by atoms with Crippen molar-refractivity contribution in [3.8, 4) is 5.75 Å². The normalized spacial score (nSPS) is 10.3. The molecule has 3 aromatic rings. The van der Waals surface area contributed by atoms with E-state index in [-0.39, 0.29) is 22.7 Å². The Morgan fingerprint density at radius 2 is 1.45 bits per heavy atom. The number of carboxylic acids is 2. The highest BCUT2D eigenvalue weighted by molar-refractivity contribution is 8.00. The summed E-state index contributed by atoms with van der Waals surface area (Å²) in [6, 6.07) is 16.8. The van der Waals surface area contributed by atoms with E-state index in [0.717, 1.165) is 17.0 Å². The molecule has 8 nitrogen and oxygen atoms in total. The zero-order valence-electron chi connectivity index (χ0n) is 17.4. The topological polar surface area (TPSA) is 130 Å². The van der Waals surface area contributed by atoms with Crippen LogP contribution in [0.25, 0.3) is 0 Å². The van der Waals surface area contributed by atoms with E-state index in [4.69, 9.17) is 9.84 Å². The number of amides is 1. The molecule has 168 valence electrons. The van der Waals surface area contributed by atoms with Crippen LogP contribution in [0.15, 0.2) is 71.6 Å². The number of nitrogens with one attached hydrogen (secondary N) is 1. The first-order valence-corrected chi connectivity index (χ1v) is 10.6. The minimum Gasteiger partial charge on any atom is -0.497 e. The van der Waals surface area contributed by atoms with E-state index in [2.05, 4.69) is 5.32 Å². The van der Waals surface area contributed by atoms with Crippen molar-refractivity contribution in [2.75, 3.05) is 18.2 Å².